The average molecular weight is 373 g/mol. The van der Waals surface area contributed by atoms with E-state index in [4.69, 9.17) is 9.47 Å². The van der Waals surface area contributed by atoms with Crippen molar-refractivity contribution >= 4 is 21.9 Å². The van der Waals surface area contributed by atoms with E-state index < -0.39 is 10.0 Å². The van der Waals surface area contributed by atoms with E-state index in [0.29, 0.717) is 30.3 Å². The Morgan fingerprint density at radius 1 is 1.08 bits per heavy atom. The van der Waals surface area contributed by atoms with Crippen molar-refractivity contribution in [3.8, 4) is 11.5 Å². The van der Waals surface area contributed by atoms with Crippen molar-refractivity contribution in [3.05, 3.63) is 59.7 Å². The standard InChI is InChI=1S/C19H19NO5S/c1-20(2)26(22,23)16-7-3-6-15(13-16)17(21)10-9-14-5-4-8-18-19(14)25-12-11-24-18/h3-10,13H,11-12H2,1-2H3. The summed E-state index contributed by atoms with van der Waals surface area (Å²) in [5.41, 5.74) is 1.03. The molecule has 0 aliphatic carbocycles. The van der Waals surface area contributed by atoms with Crippen LogP contribution in [-0.4, -0.2) is 45.8 Å². The second-order valence-corrected chi connectivity index (χ2v) is 8.04. The molecule has 6 nitrogen and oxygen atoms in total. The molecule has 0 unspecified atom stereocenters. The number of rotatable bonds is 5. The third-order valence-electron chi connectivity index (χ3n) is 3.91. The first kappa shape index (κ1) is 18.2. The van der Waals surface area contributed by atoms with Crippen LogP contribution in [-0.2, 0) is 10.0 Å². The van der Waals surface area contributed by atoms with Crippen molar-refractivity contribution in [2.75, 3.05) is 27.3 Å². The van der Waals surface area contributed by atoms with Gasteiger partial charge in [-0.1, -0.05) is 24.3 Å². The van der Waals surface area contributed by atoms with Gasteiger partial charge in [-0.3, -0.25) is 4.79 Å². The normalized spacial score (nSPS) is 14.0. The molecule has 1 aliphatic rings. The van der Waals surface area contributed by atoms with E-state index in [9.17, 15) is 13.2 Å². The summed E-state index contributed by atoms with van der Waals surface area (Å²) in [6.45, 7) is 0.947. The summed E-state index contributed by atoms with van der Waals surface area (Å²) in [6, 6.07) is 11.4. The van der Waals surface area contributed by atoms with Crippen LogP contribution in [0.2, 0.25) is 0 Å². The van der Waals surface area contributed by atoms with Crippen molar-refractivity contribution in [1.29, 1.82) is 0 Å². The van der Waals surface area contributed by atoms with E-state index in [1.807, 2.05) is 18.2 Å². The van der Waals surface area contributed by atoms with Crippen LogP contribution < -0.4 is 9.47 Å². The van der Waals surface area contributed by atoms with Crippen molar-refractivity contribution in [1.82, 2.24) is 4.31 Å². The van der Waals surface area contributed by atoms with Crippen LogP contribution in [0.15, 0.2) is 53.4 Å². The average Bonchev–Trinajstić information content (AvgIpc) is 2.66. The molecule has 0 amide bonds. The van der Waals surface area contributed by atoms with E-state index >= 15 is 0 Å². The molecule has 0 saturated carbocycles. The zero-order valence-electron chi connectivity index (χ0n) is 14.5. The number of para-hydroxylation sites is 1. The number of sulfonamides is 1. The number of carbonyl (C=O) groups is 1. The van der Waals surface area contributed by atoms with Gasteiger partial charge in [0.25, 0.3) is 0 Å². The third-order valence-corrected chi connectivity index (χ3v) is 5.72. The fraction of sp³-hybridized carbons (Fsp3) is 0.211. The first-order chi connectivity index (χ1) is 12.4. The molecule has 1 heterocycles. The first-order valence-corrected chi connectivity index (χ1v) is 9.47. The Bertz CT molecular complexity index is 964. The zero-order chi connectivity index (χ0) is 18.7. The Kier molecular flexibility index (Phi) is 5.11. The predicted molar refractivity (Wildman–Crippen MR) is 98.1 cm³/mol. The number of allylic oxidation sites excluding steroid dienone is 1. The summed E-state index contributed by atoms with van der Waals surface area (Å²) in [4.78, 5) is 12.5. The highest BCUT2D eigenvalue weighted by molar-refractivity contribution is 7.89. The number of nitrogens with zero attached hydrogens (tertiary/aromatic N) is 1. The molecule has 0 atom stereocenters. The highest BCUT2D eigenvalue weighted by atomic mass is 32.2. The molecule has 0 spiro atoms. The molecule has 2 aromatic rings. The van der Waals surface area contributed by atoms with E-state index in [0.717, 1.165) is 9.87 Å². The van der Waals surface area contributed by atoms with Crippen LogP contribution in [0.5, 0.6) is 11.5 Å². The fourth-order valence-electron chi connectivity index (χ4n) is 2.51. The van der Waals surface area contributed by atoms with Crippen molar-refractivity contribution in [3.63, 3.8) is 0 Å². The van der Waals surface area contributed by atoms with Gasteiger partial charge in [-0.05, 0) is 30.4 Å². The second-order valence-electron chi connectivity index (χ2n) is 5.88. The number of benzene rings is 2. The van der Waals surface area contributed by atoms with Crippen LogP contribution >= 0.6 is 0 Å². The summed E-state index contributed by atoms with van der Waals surface area (Å²) < 4.78 is 36.7. The molecular formula is C19H19NO5S. The Balaban J connectivity index is 1.87. The lowest BCUT2D eigenvalue weighted by molar-refractivity contribution is 0.104. The molecule has 0 fully saturated rings. The summed E-state index contributed by atoms with van der Waals surface area (Å²) in [7, 11) is -0.694. The van der Waals surface area contributed by atoms with E-state index in [2.05, 4.69) is 0 Å². The van der Waals surface area contributed by atoms with Crippen molar-refractivity contribution in [2.45, 2.75) is 4.90 Å². The number of carbonyl (C=O) groups excluding carboxylic acids is 1. The van der Waals surface area contributed by atoms with Gasteiger partial charge in [-0.15, -0.1) is 0 Å². The van der Waals surface area contributed by atoms with Crippen LogP contribution in [0, 0.1) is 0 Å². The molecule has 0 radical (unpaired) electrons. The fourth-order valence-corrected chi connectivity index (χ4v) is 3.46. The van der Waals surface area contributed by atoms with Gasteiger partial charge < -0.3 is 9.47 Å². The first-order valence-electron chi connectivity index (χ1n) is 8.03. The largest absolute Gasteiger partial charge is 0.486 e. The molecule has 1 aliphatic heterocycles. The van der Waals surface area contributed by atoms with E-state index in [1.54, 1.807) is 18.2 Å². The molecule has 136 valence electrons. The Labute approximate surface area is 152 Å². The van der Waals surface area contributed by atoms with Gasteiger partial charge in [0, 0.05) is 25.2 Å². The number of hydrogen-bond donors (Lipinski definition) is 0. The zero-order valence-corrected chi connectivity index (χ0v) is 15.3. The van der Waals surface area contributed by atoms with Gasteiger partial charge in [0.05, 0.1) is 4.90 Å². The highest BCUT2D eigenvalue weighted by Crippen LogP contribution is 2.34. The maximum Gasteiger partial charge on any atom is 0.242 e. The number of ketones is 1. The number of hydrogen-bond acceptors (Lipinski definition) is 5. The summed E-state index contributed by atoms with van der Waals surface area (Å²) in [5.74, 6) is 0.951. The Morgan fingerprint density at radius 2 is 1.81 bits per heavy atom. The molecule has 0 bridgehead atoms. The van der Waals surface area contributed by atoms with Crippen LogP contribution in [0.25, 0.3) is 6.08 Å². The minimum absolute atomic E-state index is 0.0792. The maximum absolute atomic E-state index is 12.5. The van der Waals surface area contributed by atoms with Crippen LogP contribution in [0.3, 0.4) is 0 Å². The smallest absolute Gasteiger partial charge is 0.242 e. The van der Waals surface area contributed by atoms with Gasteiger partial charge in [-0.25, -0.2) is 12.7 Å². The minimum atomic E-state index is -3.59. The summed E-state index contributed by atoms with van der Waals surface area (Å²) in [5, 5.41) is 0. The molecule has 7 heteroatoms. The monoisotopic (exact) mass is 373 g/mol. The molecule has 0 saturated heterocycles. The molecule has 0 aromatic heterocycles. The molecule has 3 rings (SSSR count). The lowest BCUT2D eigenvalue weighted by atomic mass is 10.1. The summed E-state index contributed by atoms with van der Waals surface area (Å²) >= 11 is 0. The van der Waals surface area contributed by atoms with Crippen molar-refractivity contribution < 1.29 is 22.7 Å². The van der Waals surface area contributed by atoms with Gasteiger partial charge in [0.1, 0.15) is 13.2 Å². The number of fused-ring (bicyclic) bond motifs is 1. The molecule has 0 N–H and O–H groups in total. The molecule has 2 aromatic carbocycles. The Morgan fingerprint density at radius 3 is 2.58 bits per heavy atom. The van der Waals surface area contributed by atoms with E-state index in [-0.39, 0.29) is 10.7 Å². The lowest BCUT2D eigenvalue weighted by Gasteiger charge is -2.19. The maximum atomic E-state index is 12.5. The van der Waals surface area contributed by atoms with Gasteiger partial charge in [0.15, 0.2) is 17.3 Å². The molecule has 26 heavy (non-hydrogen) atoms. The SMILES string of the molecule is CN(C)S(=O)(=O)c1cccc(C(=O)C=Cc2cccc3c2OCCO3)c1. The van der Waals surface area contributed by atoms with Crippen LogP contribution in [0.4, 0.5) is 0 Å². The Hall–Kier alpha value is -2.64. The number of ether oxygens (including phenoxy) is 2. The van der Waals surface area contributed by atoms with Gasteiger partial charge in [0.2, 0.25) is 10.0 Å². The highest BCUT2D eigenvalue weighted by Gasteiger charge is 2.18. The quantitative estimate of drug-likeness (QED) is 0.595. The lowest BCUT2D eigenvalue weighted by Crippen LogP contribution is -2.22. The van der Waals surface area contributed by atoms with Crippen LogP contribution in [0.1, 0.15) is 15.9 Å². The predicted octanol–water partition coefficient (Wildman–Crippen LogP) is 2.60. The topological polar surface area (TPSA) is 72.9 Å². The summed E-state index contributed by atoms with van der Waals surface area (Å²) in [6.07, 6.45) is 3.04. The third kappa shape index (κ3) is 3.63. The van der Waals surface area contributed by atoms with Gasteiger partial charge in [-0.2, -0.15) is 0 Å². The second kappa shape index (κ2) is 7.31. The van der Waals surface area contributed by atoms with Gasteiger partial charge >= 0.3 is 0 Å². The van der Waals surface area contributed by atoms with Crippen molar-refractivity contribution in [2.24, 2.45) is 0 Å². The molecular weight excluding hydrogens is 354 g/mol. The minimum Gasteiger partial charge on any atom is -0.486 e. The van der Waals surface area contributed by atoms with E-state index in [1.165, 1.54) is 32.3 Å².